The Morgan fingerprint density at radius 2 is 1.46 bits per heavy atom. The number of hydrogen-bond donors (Lipinski definition) is 1. The third-order valence-electron chi connectivity index (χ3n) is 5.64. The van der Waals surface area contributed by atoms with Crippen LogP contribution in [0.3, 0.4) is 0 Å². The van der Waals surface area contributed by atoms with E-state index in [0.717, 1.165) is 31.7 Å². The fourth-order valence-corrected chi connectivity index (χ4v) is 4.09. The lowest BCUT2D eigenvalue weighted by Crippen LogP contribution is -2.49. The van der Waals surface area contributed by atoms with Crippen LogP contribution in [0.25, 0.3) is 0 Å². The molecule has 0 amide bonds. The lowest BCUT2D eigenvalue weighted by Gasteiger charge is -2.40. The van der Waals surface area contributed by atoms with Crippen molar-refractivity contribution in [3.63, 3.8) is 0 Å². The van der Waals surface area contributed by atoms with Gasteiger partial charge >= 0.3 is 0 Å². The third-order valence-corrected chi connectivity index (χ3v) is 5.64. The SMILES string of the molecule is Cn1nccc1C(c1ccccc1)N1CCN(CC(O)c2ccccc2)CC1. The Bertz CT molecular complexity index is 857. The van der Waals surface area contributed by atoms with Crippen molar-refractivity contribution in [2.24, 2.45) is 7.05 Å². The van der Waals surface area contributed by atoms with E-state index in [2.05, 4.69) is 51.3 Å². The first-order valence-corrected chi connectivity index (χ1v) is 9.94. The molecule has 1 fully saturated rings. The molecular formula is C23H28N4O. The maximum atomic E-state index is 10.5. The van der Waals surface area contributed by atoms with Gasteiger partial charge < -0.3 is 5.11 Å². The van der Waals surface area contributed by atoms with Crippen LogP contribution in [-0.2, 0) is 7.05 Å². The number of aryl methyl sites for hydroxylation is 1. The zero-order valence-electron chi connectivity index (χ0n) is 16.4. The van der Waals surface area contributed by atoms with Gasteiger partial charge in [0.15, 0.2) is 0 Å². The second kappa shape index (κ2) is 8.69. The molecule has 1 aliphatic rings. The van der Waals surface area contributed by atoms with Crippen molar-refractivity contribution < 1.29 is 5.11 Å². The van der Waals surface area contributed by atoms with Crippen molar-refractivity contribution in [1.29, 1.82) is 0 Å². The van der Waals surface area contributed by atoms with Crippen LogP contribution in [0.2, 0.25) is 0 Å². The maximum absolute atomic E-state index is 10.5. The molecule has 2 atom stereocenters. The number of rotatable bonds is 6. The summed E-state index contributed by atoms with van der Waals surface area (Å²) >= 11 is 0. The molecule has 1 saturated heterocycles. The zero-order valence-corrected chi connectivity index (χ0v) is 16.4. The van der Waals surface area contributed by atoms with Gasteiger partial charge in [0.1, 0.15) is 0 Å². The van der Waals surface area contributed by atoms with Crippen LogP contribution in [0.15, 0.2) is 72.9 Å². The fraction of sp³-hybridized carbons (Fsp3) is 0.348. The van der Waals surface area contributed by atoms with Gasteiger partial charge in [-0.15, -0.1) is 0 Å². The molecule has 2 heterocycles. The second-order valence-electron chi connectivity index (χ2n) is 7.46. The Hall–Kier alpha value is -2.47. The smallest absolute Gasteiger partial charge is 0.0916 e. The molecular weight excluding hydrogens is 348 g/mol. The van der Waals surface area contributed by atoms with Gasteiger partial charge in [-0.05, 0) is 17.2 Å². The molecule has 0 aliphatic carbocycles. The molecule has 5 heteroatoms. The Kier molecular flexibility index (Phi) is 5.86. The Balaban J connectivity index is 1.44. The van der Waals surface area contributed by atoms with Crippen LogP contribution in [0, 0.1) is 0 Å². The molecule has 2 aromatic carbocycles. The van der Waals surface area contributed by atoms with Crippen LogP contribution in [0.4, 0.5) is 0 Å². The molecule has 0 bridgehead atoms. The molecule has 146 valence electrons. The van der Waals surface area contributed by atoms with E-state index in [9.17, 15) is 5.11 Å². The van der Waals surface area contributed by atoms with Crippen LogP contribution in [0.5, 0.6) is 0 Å². The van der Waals surface area contributed by atoms with E-state index in [4.69, 9.17) is 0 Å². The van der Waals surface area contributed by atoms with Gasteiger partial charge in [-0.25, -0.2) is 0 Å². The molecule has 5 nitrogen and oxygen atoms in total. The highest BCUT2D eigenvalue weighted by Gasteiger charge is 2.28. The first-order valence-electron chi connectivity index (χ1n) is 9.94. The molecule has 1 N–H and O–H groups in total. The van der Waals surface area contributed by atoms with Crippen LogP contribution >= 0.6 is 0 Å². The number of piperazine rings is 1. The summed E-state index contributed by atoms with van der Waals surface area (Å²) in [5, 5.41) is 14.9. The van der Waals surface area contributed by atoms with Gasteiger partial charge in [-0.3, -0.25) is 14.5 Å². The molecule has 1 aliphatic heterocycles. The van der Waals surface area contributed by atoms with E-state index >= 15 is 0 Å². The summed E-state index contributed by atoms with van der Waals surface area (Å²) in [6.07, 6.45) is 1.44. The molecule has 1 aromatic heterocycles. The van der Waals surface area contributed by atoms with Gasteiger partial charge in [-0.1, -0.05) is 60.7 Å². The van der Waals surface area contributed by atoms with Crippen LogP contribution < -0.4 is 0 Å². The van der Waals surface area contributed by atoms with Crippen LogP contribution in [-0.4, -0.2) is 57.4 Å². The molecule has 0 spiro atoms. The molecule has 4 rings (SSSR count). The normalized spacial score (nSPS) is 18.1. The van der Waals surface area contributed by atoms with E-state index in [1.54, 1.807) is 0 Å². The number of aromatic nitrogens is 2. The molecule has 0 saturated carbocycles. The Labute approximate surface area is 166 Å². The number of hydrogen-bond acceptors (Lipinski definition) is 4. The zero-order chi connectivity index (χ0) is 19.3. The van der Waals surface area contributed by atoms with Crippen molar-refractivity contribution in [2.45, 2.75) is 12.1 Å². The van der Waals surface area contributed by atoms with Crippen molar-refractivity contribution in [2.75, 3.05) is 32.7 Å². The van der Waals surface area contributed by atoms with E-state index in [-0.39, 0.29) is 6.04 Å². The maximum Gasteiger partial charge on any atom is 0.0916 e. The van der Waals surface area contributed by atoms with Gasteiger partial charge in [0.05, 0.1) is 17.8 Å². The average molecular weight is 377 g/mol. The first kappa shape index (κ1) is 18.9. The summed E-state index contributed by atoms with van der Waals surface area (Å²) in [4.78, 5) is 4.89. The number of aliphatic hydroxyl groups excluding tert-OH is 1. The third kappa shape index (κ3) is 4.17. The molecule has 28 heavy (non-hydrogen) atoms. The molecule has 0 radical (unpaired) electrons. The molecule has 2 unspecified atom stereocenters. The minimum absolute atomic E-state index is 0.204. The number of benzene rings is 2. The second-order valence-corrected chi connectivity index (χ2v) is 7.46. The minimum atomic E-state index is -0.435. The van der Waals surface area contributed by atoms with Crippen molar-refractivity contribution in [1.82, 2.24) is 19.6 Å². The largest absolute Gasteiger partial charge is 0.387 e. The highest BCUT2D eigenvalue weighted by atomic mass is 16.3. The van der Waals surface area contributed by atoms with Crippen LogP contribution in [0.1, 0.15) is 29.0 Å². The summed E-state index contributed by atoms with van der Waals surface area (Å²) in [5.74, 6) is 0. The first-order chi connectivity index (χ1) is 13.7. The summed E-state index contributed by atoms with van der Waals surface area (Å²) in [6.45, 7) is 4.51. The van der Waals surface area contributed by atoms with Crippen molar-refractivity contribution >= 4 is 0 Å². The Morgan fingerprint density at radius 3 is 2.04 bits per heavy atom. The lowest BCUT2D eigenvalue weighted by atomic mass is 10.0. The minimum Gasteiger partial charge on any atom is -0.387 e. The summed E-state index contributed by atoms with van der Waals surface area (Å²) < 4.78 is 1.98. The average Bonchev–Trinajstić information content (AvgIpc) is 3.16. The fourth-order valence-electron chi connectivity index (χ4n) is 4.09. The summed E-state index contributed by atoms with van der Waals surface area (Å²) in [5.41, 5.74) is 3.50. The summed E-state index contributed by atoms with van der Waals surface area (Å²) in [7, 11) is 2.01. The predicted octanol–water partition coefficient (Wildman–Crippen LogP) is 2.86. The number of β-amino-alcohol motifs (C(OH)–C–C–N with tert-alkyl or cyclic N) is 1. The van der Waals surface area contributed by atoms with Gasteiger partial charge in [-0.2, -0.15) is 5.10 Å². The Morgan fingerprint density at radius 1 is 0.857 bits per heavy atom. The molecule has 3 aromatic rings. The predicted molar refractivity (Wildman–Crippen MR) is 111 cm³/mol. The highest BCUT2D eigenvalue weighted by Crippen LogP contribution is 2.29. The van der Waals surface area contributed by atoms with E-state index in [1.807, 2.05) is 48.3 Å². The van der Waals surface area contributed by atoms with Crippen molar-refractivity contribution in [3.8, 4) is 0 Å². The van der Waals surface area contributed by atoms with Gasteiger partial charge in [0.25, 0.3) is 0 Å². The van der Waals surface area contributed by atoms with Gasteiger partial charge in [0, 0.05) is 46.0 Å². The summed E-state index contributed by atoms with van der Waals surface area (Å²) in [6, 6.07) is 22.9. The highest BCUT2D eigenvalue weighted by molar-refractivity contribution is 5.28. The van der Waals surface area contributed by atoms with E-state index in [1.165, 1.54) is 11.3 Å². The van der Waals surface area contributed by atoms with E-state index < -0.39 is 6.10 Å². The topological polar surface area (TPSA) is 44.5 Å². The van der Waals surface area contributed by atoms with Gasteiger partial charge in [0.2, 0.25) is 0 Å². The lowest BCUT2D eigenvalue weighted by molar-refractivity contribution is 0.0611. The standard InChI is InChI=1S/C23H28N4O/c1-25-21(12-13-24-25)23(20-10-6-3-7-11-20)27-16-14-26(15-17-27)18-22(28)19-8-4-2-5-9-19/h2-13,22-23,28H,14-18H2,1H3. The number of nitrogens with zero attached hydrogens (tertiary/aromatic N) is 4. The quantitative estimate of drug-likeness (QED) is 0.719. The van der Waals surface area contributed by atoms with E-state index in [0.29, 0.717) is 6.54 Å². The number of aliphatic hydroxyl groups is 1. The van der Waals surface area contributed by atoms with Crippen molar-refractivity contribution in [3.05, 3.63) is 89.7 Å². The monoisotopic (exact) mass is 376 g/mol.